The van der Waals surface area contributed by atoms with Crippen LogP contribution in [-0.2, 0) is 16.4 Å². The Hall–Kier alpha value is -2.97. The highest BCUT2D eigenvalue weighted by Gasteiger charge is 2.24. The molecule has 0 unspecified atom stereocenters. The number of aryl methyl sites for hydroxylation is 1. The molecule has 2 heterocycles. The zero-order valence-corrected chi connectivity index (χ0v) is 17.6. The highest BCUT2D eigenvalue weighted by molar-refractivity contribution is 7.89. The van der Waals surface area contributed by atoms with E-state index in [4.69, 9.17) is 0 Å². The molecule has 156 valence electrons. The van der Waals surface area contributed by atoms with Crippen molar-refractivity contribution >= 4 is 26.8 Å². The third-order valence-corrected chi connectivity index (χ3v) is 6.88. The van der Waals surface area contributed by atoms with E-state index in [0.29, 0.717) is 5.39 Å². The molecule has 2 N–H and O–H groups in total. The number of nitrogens with one attached hydrogen (secondary N) is 2. The third kappa shape index (κ3) is 3.64. The predicted molar refractivity (Wildman–Crippen MR) is 115 cm³/mol. The van der Waals surface area contributed by atoms with Crippen molar-refractivity contribution in [3.8, 4) is 0 Å². The molecule has 0 spiro atoms. The maximum absolute atomic E-state index is 12.8. The largest absolute Gasteiger partial charge is 0.351 e. The van der Waals surface area contributed by atoms with Gasteiger partial charge in [0, 0.05) is 30.7 Å². The van der Waals surface area contributed by atoms with Crippen LogP contribution in [0.2, 0.25) is 0 Å². The summed E-state index contributed by atoms with van der Waals surface area (Å²) in [5.41, 5.74) is 2.71. The van der Waals surface area contributed by atoms with Gasteiger partial charge in [0.25, 0.3) is 5.91 Å². The molecule has 3 aromatic rings. The van der Waals surface area contributed by atoms with E-state index in [1.54, 1.807) is 24.4 Å². The van der Waals surface area contributed by atoms with Crippen LogP contribution in [-0.4, -0.2) is 32.0 Å². The van der Waals surface area contributed by atoms with Gasteiger partial charge in [-0.1, -0.05) is 29.8 Å². The maximum Gasteiger partial charge on any atom is 0.256 e. The zero-order chi connectivity index (χ0) is 21.5. The van der Waals surface area contributed by atoms with Gasteiger partial charge in [0.1, 0.15) is 5.56 Å². The summed E-state index contributed by atoms with van der Waals surface area (Å²) >= 11 is 0. The van der Waals surface area contributed by atoms with Gasteiger partial charge in [-0.15, -0.1) is 0 Å². The summed E-state index contributed by atoms with van der Waals surface area (Å²) in [6, 6.07) is 12.3. The topological polar surface area (TPSA) is 97.3 Å². The van der Waals surface area contributed by atoms with Crippen LogP contribution < -0.4 is 15.5 Å². The summed E-state index contributed by atoms with van der Waals surface area (Å²) in [7, 11) is -3.65. The minimum absolute atomic E-state index is 0.0181. The van der Waals surface area contributed by atoms with Crippen molar-refractivity contribution in [1.82, 2.24) is 14.6 Å². The molecule has 4 rings (SSSR count). The number of sulfonamides is 1. The van der Waals surface area contributed by atoms with Crippen LogP contribution in [0.15, 0.2) is 58.4 Å². The fraction of sp³-hybridized carbons (Fsp3) is 0.273. The summed E-state index contributed by atoms with van der Waals surface area (Å²) in [5, 5.41) is 3.17. The first-order valence-corrected chi connectivity index (χ1v) is 11.3. The highest BCUT2D eigenvalue weighted by atomic mass is 32.2. The lowest BCUT2D eigenvalue weighted by Crippen LogP contribution is -2.36. The molecule has 8 heteroatoms. The van der Waals surface area contributed by atoms with Crippen LogP contribution >= 0.6 is 0 Å². The fourth-order valence-corrected chi connectivity index (χ4v) is 4.87. The Morgan fingerprint density at radius 1 is 1.13 bits per heavy atom. The van der Waals surface area contributed by atoms with Gasteiger partial charge in [0.15, 0.2) is 0 Å². The average Bonchev–Trinajstić information content (AvgIpc) is 3.04. The van der Waals surface area contributed by atoms with Gasteiger partial charge < -0.3 is 9.88 Å². The minimum atomic E-state index is -3.65. The van der Waals surface area contributed by atoms with Gasteiger partial charge in [-0.05, 0) is 44.0 Å². The van der Waals surface area contributed by atoms with E-state index in [1.807, 2.05) is 30.5 Å². The number of hydrogen-bond donors (Lipinski definition) is 2. The molecule has 0 saturated carbocycles. The van der Waals surface area contributed by atoms with Crippen LogP contribution in [0.4, 0.5) is 0 Å². The van der Waals surface area contributed by atoms with Gasteiger partial charge in [0.05, 0.1) is 10.4 Å². The first-order valence-electron chi connectivity index (χ1n) is 9.79. The van der Waals surface area contributed by atoms with E-state index < -0.39 is 15.9 Å². The van der Waals surface area contributed by atoms with Crippen LogP contribution in [0, 0.1) is 6.92 Å². The van der Waals surface area contributed by atoms with Crippen molar-refractivity contribution in [2.75, 3.05) is 13.1 Å². The van der Waals surface area contributed by atoms with E-state index in [2.05, 4.69) is 10.0 Å². The Morgan fingerprint density at radius 2 is 1.87 bits per heavy atom. The standard InChI is InChI=1S/C22H23N3O4S/c1-14-6-8-17(9-7-14)30(28,29)24-11-10-23-22(27)19-13-25-15(2)12-16-4-3-5-18(20(16)25)21(19)26/h3-9,13,15,24H,10-12H2,1-2H3,(H,23,27)/t15-/m1/s1. The van der Waals surface area contributed by atoms with E-state index in [9.17, 15) is 18.0 Å². The Labute approximate surface area is 174 Å². The van der Waals surface area contributed by atoms with Gasteiger partial charge in [-0.2, -0.15) is 0 Å². The van der Waals surface area contributed by atoms with E-state index >= 15 is 0 Å². The van der Waals surface area contributed by atoms with Gasteiger partial charge in [-0.25, -0.2) is 13.1 Å². The number of hydrogen-bond acceptors (Lipinski definition) is 4. The smallest absolute Gasteiger partial charge is 0.256 e. The molecule has 1 atom stereocenters. The maximum atomic E-state index is 12.8. The molecule has 1 aromatic heterocycles. The second-order valence-corrected chi connectivity index (χ2v) is 9.38. The summed E-state index contributed by atoms with van der Waals surface area (Å²) in [5.74, 6) is -0.510. The summed E-state index contributed by atoms with van der Waals surface area (Å²) in [6.07, 6.45) is 2.43. The number of rotatable bonds is 6. The quantitative estimate of drug-likeness (QED) is 0.591. The van der Waals surface area contributed by atoms with E-state index in [-0.39, 0.29) is 35.0 Å². The SMILES string of the molecule is Cc1ccc(S(=O)(=O)NCCNC(=O)c2cn3c4c(cccc4c2=O)C[C@H]3C)cc1. The monoisotopic (exact) mass is 425 g/mol. The first kappa shape index (κ1) is 20.3. The van der Waals surface area contributed by atoms with Gasteiger partial charge >= 0.3 is 0 Å². The molecule has 2 aromatic carbocycles. The lowest BCUT2D eigenvalue weighted by molar-refractivity contribution is 0.0952. The molecule has 7 nitrogen and oxygen atoms in total. The lowest BCUT2D eigenvalue weighted by atomic mass is 10.1. The summed E-state index contributed by atoms with van der Waals surface area (Å²) in [6.45, 7) is 4.01. The molecule has 30 heavy (non-hydrogen) atoms. The number of nitrogens with zero attached hydrogens (tertiary/aromatic N) is 1. The number of aromatic nitrogens is 1. The summed E-state index contributed by atoms with van der Waals surface area (Å²) < 4.78 is 29.0. The van der Waals surface area contributed by atoms with Crippen molar-refractivity contribution in [2.45, 2.75) is 31.2 Å². The third-order valence-electron chi connectivity index (χ3n) is 5.40. The predicted octanol–water partition coefficient (Wildman–Crippen LogP) is 2.14. The number of pyridine rings is 1. The van der Waals surface area contributed by atoms with Crippen LogP contribution in [0.5, 0.6) is 0 Å². The van der Waals surface area contributed by atoms with Crippen molar-refractivity contribution in [3.05, 3.63) is 75.6 Å². The molecule has 1 aliphatic rings. The molecule has 0 saturated heterocycles. The number of carbonyl (C=O) groups excluding carboxylic acids is 1. The number of amides is 1. The molecule has 0 radical (unpaired) electrons. The van der Waals surface area contributed by atoms with Gasteiger partial charge in [0.2, 0.25) is 15.5 Å². The van der Waals surface area contributed by atoms with E-state index in [1.165, 1.54) is 12.1 Å². The Bertz CT molecular complexity index is 1290. The van der Waals surface area contributed by atoms with Crippen molar-refractivity contribution in [1.29, 1.82) is 0 Å². The van der Waals surface area contributed by atoms with Crippen molar-refractivity contribution < 1.29 is 13.2 Å². The van der Waals surface area contributed by atoms with Gasteiger partial charge in [-0.3, -0.25) is 9.59 Å². The molecular formula is C22H23N3O4S. The average molecular weight is 426 g/mol. The zero-order valence-electron chi connectivity index (χ0n) is 16.8. The normalized spacial score (nSPS) is 15.5. The van der Waals surface area contributed by atoms with Crippen LogP contribution in [0.1, 0.15) is 34.5 Å². The minimum Gasteiger partial charge on any atom is -0.351 e. The number of carbonyl (C=O) groups is 1. The second-order valence-electron chi connectivity index (χ2n) is 7.61. The molecule has 1 amide bonds. The lowest BCUT2D eigenvalue weighted by Gasteiger charge is -2.13. The highest BCUT2D eigenvalue weighted by Crippen LogP contribution is 2.30. The fourth-order valence-electron chi connectivity index (χ4n) is 3.83. The number of para-hydroxylation sites is 1. The molecule has 1 aliphatic heterocycles. The van der Waals surface area contributed by atoms with Crippen molar-refractivity contribution in [2.24, 2.45) is 0 Å². The second kappa shape index (κ2) is 7.70. The molecule has 0 fully saturated rings. The Balaban J connectivity index is 1.46. The van der Waals surface area contributed by atoms with Crippen molar-refractivity contribution in [3.63, 3.8) is 0 Å². The van der Waals surface area contributed by atoms with Crippen LogP contribution in [0.25, 0.3) is 10.9 Å². The Morgan fingerprint density at radius 3 is 2.60 bits per heavy atom. The molecular weight excluding hydrogens is 402 g/mol. The number of benzene rings is 2. The summed E-state index contributed by atoms with van der Waals surface area (Å²) in [4.78, 5) is 25.6. The first-order chi connectivity index (χ1) is 14.3. The van der Waals surface area contributed by atoms with Crippen LogP contribution in [0.3, 0.4) is 0 Å². The molecule has 0 bridgehead atoms. The van der Waals surface area contributed by atoms with E-state index in [0.717, 1.165) is 23.1 Å². The molecule has 0 aliphatic carbocycles. The Kier molecular flexibility index (Phi) is 5.21.